The van der Waals surface area contributed by atoms with Gasteiger partial charge in [-0.3, -0.25) is 9.59 Å². The van der Waals surface area contributed by atoms with Gasteiger partial charge in [0.05, 0.1) is 13.2 Å². The molecule has 0 aliphatic carbocycles. The molecule has 0 bridgehead atoms. The van der Waals surface area contributed by atoms with Crippen molar-refractivity contribution in [3.05, 3.63) is 70.8 Å². The highest BCUT2D eigenvalue weighted by Gasteiger charge is 2.28. The third kappa shape index (κ3) is 9.65. The van der Waals surface area contributed by atoms with Gasteiger partial charge in [0, 0.05) is 50.5 Å². The number of nitrogens with zero attached hydrogens (tertiary/aromatic N) is 2. The Hall–Kier alpha value is -2.78. The Balaban J connectivity index is 0.886. The first-order chi connectivity index (χ1) is 23.1. The Morgan fingerprint density at radius 3 is 1.43 bits per heavy atom. The number of likely N-dealkylation sites (tertiary alicyclic amines) is 2. The van der Waals surface area contributed by atoms with Gasteiger partial charge in [0.15, 0.2) is 12.6 Å². The Morgan fingerprint density at radius 1 is 0.596 bits per heavy atom. The van der Waals surface area contributed by atoms with Gasteiger partial charge in [-0.25, -0.2) is 0 Å². The SMILES string of the molecule is O=C(c1ccccc1COC1CCCCO1)N1CCC(CCCC2CCN(C(=O)c3ccccc3COC3CCCCO3)CC2)CC1. The summed E-state index contributed by atoms with van der Waals surface area (Å²) in [5.74, 6) is 1.62. The lowest BCUT2D eigenvalue weighted by Gasteiger charge is -2.34. The Morgan fingerprint density at radius 2 is 1.02 bits per heavy atom. The van der Waals surface area contributed by atoms with Crippen LogP contribution in [-0.4, -0.2) is 73.6 Å². The van der Waals surface area contributed by atoms with Gasteiger partial charge in [0.1, 0.15) is 0 Å². The van der Waals surface area contributed by atoms with E-state index in [1.807, 2.05) is 58.3 Å². The van der Waals surface area contributed by atoms with Gasteiger partial charge in [-0.05, 0) is 99.3 Å². The first kappa shape index (κ1) is 34.1. The molecule has 4 saturated heterocycles. The maximum absolute atomic E-state index is 13.5. The molecule has 4 heterocycles. The molecule has 2 atom stereocenters. The largest absolute Gasteiger partial charge is 0.353 e. The molecular weight excluding hydrogens is 592 g/mol. The van der Waals surface area contributed by atoms with E-state index in [-0.39, 0.29) is 24.4 Å². The fraction of sp³-hybridized carbons (Fsp3) is 0.641. The third-order valence-corrected chi connectivity index (χ3v) is 10.6. The van der Waals surface area contributed by atoms with E-state index in [0.29, 0.717) is 25.0 Å². The third-order valence-electron chi connectivity index (χ3n) is 10.6. The van der Waals surface area contributed by atoms with Crippen molar-refractivity contribution in [1.29, 1.82) is 0 Å². The molecule has 0 aromatic heterocycles. The highest BCUT2D eigenvalue weighted by molar-refractivity contribution is 5.96. The Labute approximate surface area is 281 Å². The van der Waals surface area contributed by atoms with Crippen molar-refractivity contribution in [3.8, 4) is 0 Å². The number of amides is 2. The lowest BCUT2D eigenvalue weighted by atomic mass is 9.86. The van der Waals surface area contributed by atoms with Gasteiger partial charge in [0.2, 0.25) is 0 Å². The van der Waals surface area contributed by atoms with Crippen LogP contribution < -0.4 is 0 Å². The van der Waals surface area contributed by atoms with Crippen LogP contribution in [0.1, 0.15) is 115 Å². The normalized spacial score (nSPS) is 23.1. The standard InChI is InChI=1S/C39H54N2O6/c42-38(34-14-3-1-12-32(34)28-46-36-16-5-7-26-44-36)40-22-18-30(19-23-40)10-9-11-31-20-24-41(25-21-31)39(43)35-15-4-2-13-33(35)29-47-37-17-6-8-27-45-37/h1-4,12-15,30-31,36-37H,5-11,16-29H2. The van der Waals surface area contributed by atoms with Crippen LogP contribution in [-0.2, 0) is 32.2 Å². The molecular formula is C39H54N2O6. The minimum absolute atomic E-state index is 0.127. The molecule has 2 aromatic rings. The zero-order chi connectivity index (χ0) is 32.3. The summed E-state index contributed by atoms with van der Waals surface area (Å²) in [6.07, 6.45) is 13.9. The van der Waals surface area contributed by atoms with Crippen molar-refractivity contribution in [2.24, 2.45) is 11.8 Å². The smallest absolute Gasteiger partial charge is 0.254 e. The van der Waals surface area contributed by atoms with Crippen LogP contribution in [0.2, 0.25) is 0 Å². The van der Waals surface area contributed by atoms with Crippen LogP contribution in [0.3, 0.4) is 0 Å². The molecule has 0 N–H and O–H groups in total. The molecule has 4 fully saturated rings. The zero-order valence-electron chi connectivity index (χ0n) is 28.1. The minimum Gasteiger partial charge on any atom is -0.353 e. The molecule has 47 heavy (non-hydrogen) atoms. The lowest BCUT2D eigenvalue weighted by molar-refractivity contribution is -0.169. The van der Waals surface area contributed by atoms with Crippen LogP contribution in [0.5, 0.6) is 0 Å². The van der Waals surface area contributed by atoms with E-state index in [0.717, 1.165) is 126 Å². The second-order valence-electron chi connectivity index (χ2n) is 13.9. The second kappa shape index (κ2) is 17.6. The summed E-state index contributed by atoms with van der Waals surface area (Å²) < 4.78 is 23.5. The average molecular weight is 647 g/mol. The summed E-state index contributed by atoms with van der Waals surface area (Å²) in [6, 6.07) is 15.7. The number of benzene rings is 2. The number of hydrogen-bond acceptors (Lipinski definition) is 6. The van der Waals surface area contributed by atoms with Gasteiger partial charge in [-0.2, -0.15) is 0 Å². The van der Waals surface area contributed by atoms with Crippen molar-refractivity contribution in [2.75, 3.05) is 39.4 Å². The van der Waals surface area contributed by atoms with E-state index in [2.05, 4.69) is 0 Å². The molecule has 8 heteroatoms. The van der Waals surface area contributed by atoms with Crippen molar-refractivity contribution in [3.63, 3.8) is 0 Å². The van der Waals surface area contributed by atoms with Crippen LogP contribution in [0.4, 0.5) is 0 Å². The van der Waals surface area contributed by atoms with E-state index < -0.39 is 0 Å². The van der Waals surface area contributed by atoms with E-state index in [1.54, 1.807) is 0 Å². The summed E-state index contributed by atoms with van der Waals surface area (Å²) in [5, 5.41) is 0. The molecule has 4 aliphatic heterocycles. The van der Waals surface area contributed by atoms with Crippen LogP contribution in [0.25, 0.3) is 0 Å². The molecule has 2 unspecified atom stereocenters. The fourth-order valence-corrected chi connectivity index (χ4v) is 7.65. The van der Waals surface area contributed by atoms with E-state index in [9.17, 15) is 9.59 Å². The van der Waals surface area contributed by atoms with E-state index in [1.165, 1.54) is 19.3 Å². The predicted molar refractivity (Wildman–Crippen MR) is 181 cm³/mol. The highest BCUT2D eigenvalue weighted by atomic mass is 16.7. The minimum atomic E-state index is -0.160. The first-order valence-electron chi connectivity index (χ1n) is 18.3. The van der Waals surface area contributed by atoms with Crippen molar-refractivity contribution in [2.45, 2.75) is 109 Å². The zero-order valence-corrected chi connectivity index (χ0v) is 28.1. The molecule has 6 rings (SSSR count). The summed E-state index contributed by atoms with van der Waals surface area (Å²) in [7, 11) is 0. The molecule has 8 nitrogen and oxygen atoms in total. The predicted octanol–water partition coefficient (Wildman–Crippen LogP) is 7.35. The highest BCUT2D eigenvalue weighted by Crippen LogP contribution is 2.29. The second-order valence-corrected chi connectivity index (χ2v) is 13.9. The summed E-state index contributed by atoms with van der Waals surface area (Å²) >= 11 is 0. The van der Waals surface area contributed by atoms with Crippen LogP contribution >= 0.6 is 0 Å². The number of ether oxygens (including phenoxy) is 4. The van der Waals surface area contributed by atoms with Crippen molar-refractivity contribution >= 4 is 11.8 Å². The van der Waals surface area contributed by atoms with Gasteiger partial charge < -0.3 is 28.7 Å². The van der Waals surface area contributed by atoms with Gasteiger partial charge in [0.25, 0.3) is 11.8 Å². The fourth-order valence-electron chi connectivity index (χ4n) is 7.65. The number of carbonyl (C=O) groups is 2. The van der Waals surface area contributed by atoms with Crippen molar-refractivity contribution < 1.29 is 28.5 Å². The maximum Gasteiger partial charge on any atom is 0.254 e. The first-order valence-corrected chi connectivity index (χ1v) is 18.3. The van der Waals surface area contributed by atoms with E-state index >= 15 is 0 Å². The topological polar surface area (TPSA) is 77.5 Å². The summed E-state index contributed by atoms with van der Waals surface area (Å²) in [6.45, 7) is 5.63. The number of piperidine rings is 2. The summed E-state index contributed by atoms with van der Waals surface area (Å²) in [5.41, 5.74) is 3.42. The molecule has 0 spiro atoms. The Bertz CT molecular complexity index is 1180. The monoisotopic (exact) mass is 646 g/mol. The number of rotatable bonds is 12. The van der Waals surface area contributed by atoms with E-state index in [4.69, 9.17) is 18.9 Å². The number of carbonyl (C=O) groups excluding carboxylic acids is 2. The average Bonchev–Trinajstić information content (AvgIpc) is 3.14. The molecule has 4 aliphatic rings. The molecule has 2 aromatic carbocycles. The van der Waals surface area contributed by atoms with Crippen molar-refractivity contribution in [1.82, 2.24) is 9.80 Å². The van der Waals surface area contributed by atoms with Gasteiger partial charge in [-0.15, -0.1) is 0 Å². The molecule has 256 valence electrons. The summed E-state index contributed by atoms with van der Waals surface area (Å²) in [4.78, 5) is 31.0. The van der Waals surface area contributed by atoms with Crippen LogP contribution in [0, 0.1) is 11.8 Å². The quantitative estimate of drug-likeness (QED) is 0.240. The molecule has 0 saturated carbocycles. The molecule has 0 radical (unpaired) electrons. The lowest BCUT2D eigenvalue weighted by Crippen LogP contribution is -2.39. The molecule has 2 amide bonds. The van der Waals surface area contributed by atoms with Gasteiger partial charge >= 0.3 is 0 Å². The van der Waals surface area contributed by atoms with Gasteiger partial charge in [-0.1, -0.05) is 55.7 Å². The number of hydrogen-bond donors (Lipinski definition) is 0. The maximum atomic E-state index is 13.5. The van der Waals surface area contributed by atoms with Crippen LogP contribution in [0.15, 0.2) is 48.5 Å². The Kier molecular flexibility index (Phi) is 12.7.